The van der Waals surface area contributed by atoms with E-state index >= 15 is 0 Å². The average Bonchev–Trinajstić information content (AvgIpc) is 2.46. The molecule has 13 heavy (non-hydrogen) atoms. The summed E-state index contributed by atoms with van der Waals surface area (Å²) in [5, 5.41) is 4.13. The molecule has 0 unspecified atom stereocenters. The van der Waals surface area contributed by atoms with Crippen LogP contribution in [0.25, 0.3) is 0 Å². The van der Waals surface area contributed by atoms with E-state index in [-0.39, 0.29) is 0 Å². The molecule has 1 heterocycles. The highest BCUT2D eigenvalue weighted by molar-refractivity contribution is 5.12. The standard InChI is InChI=1S/C9H15N3O/c10-4-5-12-7-9(6-11-12)13-8-2-1-3-8/h6-8H,1-5,10H2. The zero-order chi connectivity index (χ0) is 9.10. The third kappa shape index (κ3) is 2.01. The van der Waals surface area contributed by atoms with Crippen molar-refractivity contribution in [3.8, 4) is 5.75 Å². The van der Waals surface area contributed by atoms with Gasteiger partial charge in [-0.2, -0.15) is 5.10 Å². The zero-order valence-corrected chi connectivity index (χ0v) is 7.65. The molecule has 4 heteroatoms. The van der Waals surface area contributed by atoms with Crippen molar-refractivity contribution in [1.82, 2.24) is 9.78 Å². The van der Waals surface area contributed by atoms with Gasteiger partial charge in [-0.3, -0.25) is 4.68 Å². The monoisotopic (exact) mass is 181 g/mol. The second-order valence-corrected chi connectivity index (χ2v) is 3.40. The summed E-state index contributed by atoms with van der Waals surface area (Å²) in [5.74, 6) is 0.873. The predicted octanol–water partition coefficient (Wildman–Crippen LogP) is 0.773. The van der Waals surface area contributed by atoms with Gasteiger partial charge in [0, 0.05) is 6.54 Å². The number of aromatic nitrogens is 2. The van der Waals surface area contributed by atoms with Gasteiger partial charge in [-0.1, -0.05) is 0 Å². The number of nitrogens with two attached hydrogens (primary N) is 1. The van der Waals surface area contributed by atoms with Crippen molar-refractivity contribution < 1.29 is 4.74 Å². The van der Waals surface area contributed by atoms with Crippen molar-refractivity contribution in [1.29, 1.82) is 0 Å². The minimum Gasteiger partial charge on any atom is -0.487 e. The lowest BCUT2D eigenvalue weighted by Crippen LogP contribution is -2.24. The van der Waals surface area contributed by atoms with Crippen LogP contribution in [0.1, 0.15) is 19.3 Å². The zero-order valence-electron chi connectivity index (χ0n) is 7.65. The molecule has 0 spiro atoms. The van der Waals surface area contributed by atoms with Crippen molar-refractivity contribution >= 4 is 0 Å². The molecule has 1 aromatic heterocycles. The fourth-order valence-corrected chi connectivity index (χ4v) is 1.34. The van der Waals surface area contributed by atoms with Gasteiger partial charge in [-0.05, 0) is 19.3 Å². The van der Waals surface area contributed by atoms with Crippen LogP contribution in [-0.4, -0.2) is 22.4 Å². The minimum atomic E-state index is 0.426. The molecule has 1 aliphatic rings. The summed E-state index contributed by atoms with van der Waals surface area (Å²) < 4.78 is 7.47. The predicted molar refractivity (Wildman–Crippen MR) is 49.5 cm³/mol. The smallest absolute Gasteiger partial charge is 0.157 e. The van der Waals surface area contributed by atoms with Crippen LogP contribution in [0.3, 0.4) is 0 Å². The molecule has 0 atom stereocenters. The maximum absolute atomic E-state index is 5.65. The van der Waals surface area contributed by atoms with Gasteiger partial charge in [0.25, 0.3) is 0 Å². The van der Waals surface area contributed by atoms with E-state index in [9.17, 15) is 0 Å². The molecular weight excluding hydrogens is 166 g/mol. The Balaban J connectivity index is 1.88. The van der Waals surface area contributed by atoms with Crippen LogP contribution < -0.4 is 10.5 Å². The highest BCUT2D eigenvalue weighted by Crippen LogP contribution is 2.24. The highest BCUT2D eigenvalue weighted by Gasteiger charge is 2.19. The Hall–Kier alpha value is -1.03. The normalized spacial score (nSPS) is 17.0. The van der Waals surface area contributed by atoms with Gasteiger partial charge in [-0.15, -0.1) is 0 Å². The van der Waals surface area contributed by atoms with Crippen molar-refractivity contribution in [2.45, 2.75) is 31.9 Å². The lowest BCUT2D eigenvalue weighted by atomic mass is 9.96. The lowest BCUT2D eigenvalue weighted by molar-refractivity contribution is 0.120. The summed E-state index contributed by atoms with van der Waals surface area (Å²) in [5.41, 5.74) is 5.41. The van der Waals surface area contributed by atoms with Crippen LogP contribution in [-0.2, 0) is 6.54 Å². The molecule has 0 aliphatic heterocycles. The Morgan fingerprint density at radius 3 is 3.08 bits per heavy atom. The van der Waals surface area contributed by atoms with Gasteiger partial charge in [-0.25, -0.2) is 0 Å². The molecule has 1 fully saturated rings. The van der Waals surface area contributed by atoms with Crippen molar-refractivity contribution in [2.24, 2.45) is 5.73 Å². The fourth-order valence-electron chi connectivity index (χ4n) is 1.34. The fraction of sp³-hybridized carbons (Fsp3) is 0.667. The summed E-state index contributed by atoms with van der Waals surface area (Å²) in [6, 6.07) is 0. The highest BCUT2D eigenvalue weighted by atomic mass is 16.5. The third-order valence-corrected chi connectivity index (χ3v) is 2.32. The van der Waals surface area contributed by atoms with Gasteiger partial charge in [0.2, 0.25) is 0 Å². The lowest BCUT2D eigenvalue weighted by Gasteiger charge is -2.25. The van der Waals surface area contributed by atoms with Crippen molar-refractivity contribution in [3.63, 3.8) is 0 Å². The first-order chi connectivity index (χ1) is 6.38. The van der Waals surface area contributed by atoms with E-state index in [1.165, 1.54) is 19.3 Å². The molecule has 1 aliphatic carbocycles. The third-order valence-electron chi connectivity index (χ3n) is 2.32. The molecule has 0 radical (unpaired) electrons. The maximum atomic E-state index is 5.65. The molecule has 0 bridgehead atoms. The number of rotatable bonds is 4. The Bertz CT molecular complexity index is 268. The number of hydrogen-bond acceptors (Lipinski definition) is 3. The summed E-state index contributed by atoms with van der Waals surface area (Å²) in [7, 11) is 0. The maximum Gasteiger partial charge on any atom is 0.157 e. The van der Waals surface area contributed by atoms with Crippen LogP contribution >= 0.6 is 0 Å². The molecule has 4 nitrogen and oxygen atoms in total. The van der Waals surface area contributed by atoms with Crippen LogP contribution in [0.2, 0.25) is 0 Å². The topological polar surface area (TPSA) is 53.1 Å². The van der Waals surface area contributed by atoms with Gasteiger partial charge >= 0.3 is 0 Å². The Kier molecular flexibility index (Phi) is 2.49. The Morgan fingerprint density at radius 2 is 2.46 bits per heavy atom. The Labute approximate surface area is 77.7 Å². The van der Waals surface area contributed by atoms with Crippen molar-refractivity contribution in [2.75, 3.05) is 6.54 Å². The van der Waals surface area contributed by atoms with Gasteiger partial charge < -0.3 is 10.5 Å². The molecule has 2 N–H and O–H groups in total. The van der Waals surface area contributed by atoms with Crippen LogP contribution in [0.5, 0.6) is 5.75 Å². The van der Waals surface area contributed by atoms with Crippen LogP contribution in [0.15, 0.2) is 12.4 Å². The van der Waals surface area contributed by atoms with Gasteiger partial charge in [0.15, 0.2) is 5.75 Å². The van der Waals surface area contributed by atoms with Gasteiger partial charge in [0.05, 0.1) is 25.0 Å². The first-order valence-electron chi connectivity index (χ1n) is 4.77. The summed E-state index contributed by atoms with van der Waals surface area (Å²) in [4.78, 5) is 0. The summed E-state index contributed by atoms with van der Waals surface area (Å²) >= 11 is 0. The van der Waals surface area contributed by atoms with Crippen LogP contribution in [0, 0.1) is 0 Å². The molecular formula is C9H15N3O. The van der Waals surface area contributed by atoms with E-state index in [1.54, 1.807) is 6.20 Å². The largest absolute Gasteiger partial charge is 0.487 e. The van der Waals surface area contributed by atoms with E-state index in [2.05, 4.69) is 5.10 Å². The van der Waals surface area contributed by atoms with E-state index in [0.717, 1.165) is 12.3 Å². The second-order valence-electron chi connectivity index (χ2n) is 3.40. The SMILES string of the molecule is NCCn1cc(OC2CCC2)cn1. The summed E-state index contributed by atoms with van der Waals surface area (Å²) in [6.07, 6.45) is 7.75. The Morgan fingerprint density at radius 1 is 1.62 bits per heavy atom. The molecule has 72 valence electrons. The number of hydrogen-bond donors (Lipinski definition) is 1. The second kappa shape index (κ2) is 3.79. The molecule has 1 aromatic rings. The number of ether oxygens (including phenoxy) is 1. The average molecular weight is 181 g/mol. The van der Waals surface area contributed by atoms with Gasteiger partial charge in [0.1, 0.15) is 0 Å². The first kappa shape index (κ1) is 8.56. The quantitative estimate of drug-likeness (QED) is 0.746. The molecule has 2 rings (SSSR count). The van der Waals surface area contributed by atoms with Crippen molar-refractivity contribution in [3.05, 3.63) is 12.4 Å². The molecule has 0 aromatic carbocycles. The first-order valence-corrected chi connectivity index (χ1v) is 4.77. The summed E-state index contributed by atoms with van der Waals surface area (Å²) in [6.45, 7) is 1.37. The van der Waals surface area contributed by atoms with E-state index in [0.29, 0.717) is 12.6 Å². The van der Waals surface area contributed by atoms with Crippen LogP contribution in [0.4, 0.5) is 0 Å². The number of nitrogens with zero attached hydrogens (tertiary/aromatic N) is 2. The minimum absolute atomic E-state index is 0.426. The van der Waals surface area contributed by atoms with E-state index < -0.39 is 0 Å². The molecule has 0 amide bonds. The molecule has 1 saturated carbocycles. The molecule has 0 saturated heterocycles. The van der Waals surface area contributed by atoms with E-state index in [1.807, 2.05) is 10.9 Å². The van der Waals surface area contributed by atoms with E-state index in [4.69, 9.17) is 10.5 Å².